The van der Waals surface area contributed by atoms with E-state index >= 15 is 0 Å². The minimum absolute atomic E-state index is 0.182. The van der Waals surface area contributed by atoms with Gasteiger partial charge in [-0.05, 0) is 18.6 Å². The van der Waals surface area contributed by atoms with Gasteiger partial charge < -0.3 is 10.1 Å². The van der Waals surface area contributed by atoms with Gasteiger partial charge in [0.25, 0.3) is 0 Å². The number of carbonyl (C=O) groups is 1. The van der Waals surface area contributed by atoms with E-state index in [-0.39, 0.29) is 6.54 Å². The highest BCUT2D eigenvalue weighted by atomic mass is 32.1. The van der Waals surface area contributed by atoms with Gasteiger partial charge in [0.1, 0.15) is 0 Å². The second-order valence-corrected chi connectivity index (χ2v) is 4.52. The SMILES string of the molecule is CCc1ccc(CNC(=O)OCC(F)(F)F)s1. The average Bonchev–Trinajstić information content (AvgIpc) is 2.70. The zero-order chi connectivity index (χ0) is 12.9. The topological polar surface area (TPSA) is 38.3 Å². The van der Waals surface area contributed by atoms with Gasteiger partial charge in [-0.15, -0.1) is 11.3 Å². The van der Waals surface area contributed by atoms with E-state index in [1.807, 2.05) is 19.1 Å². The second-order valence-electron chi connectivity index (χ2n) is 3.27. The van der Waals surface area contributed by atoms with Crippen molar-refractivity contribution in [3.63, 3.8) is 0 Å². The third kappa shape index (κ3) is 5.58. The van der Waals surface area contributed by atoms with E-state index in [9.17, 15) is 18.0 Å². The molecule has 1 aromatic rings. The van der Waals surface area contributed by atoms with Gasteiger partial charge in [0, 0.05) is 9.75 Å². The molecule has 1 aromatic heterocycles. The highest BCUT2D eigenvalue weighted by Crippen LogP contribution is 2.17. The maximum absolute atomic E-state index is 11.7. The molecular weight excluding hydrogens is 255 g/mol. The van der Waals surface area contributed by atoms with Crippen LogP contribution in [-0.2, 0) is 17.7 Å². The average molecular weight is 267 g/mol. The van der Waals surface area contributed by atoms with Crippen molar-refractivity contribution in [3.8, 4) is 0 Å². The van der Waals surface area contributed by atoms with Gasteiger partial charge in [-0.3, -0.25) is 0 Å². The number of hydrogen-bond acceptors (Lipinski definition) is 3. The van der Waals surface area contributed by atoms with Crippen LogP contribution >= 0.6 is 11.3 Å². The smallest absolute Gasteiger partial charge is 0.422 e. The zero-order valence-corrected chi connectivity index (χ0v) is 9.95. The molecule has 0 radical (unpaired) electrons. The maximum Gasteiger partial charge on any atom is 0.422 e. The predicted molar refractivity (Wildman–Crippen MR) is 57.9 cm³/mol. The molecular formula is C10H12F3NO2S. The van der Waals surface area contributed by atoms with Crippen LogP contribution in [0.3, 0.4) is 0 Å². The molecule has 0 saturated heterocycles. The van der Waals surface area contributed by atoms with Crippen LogP contribution in [0.1, 0.15) is 16.7 Å². The lowest BCUT2D eigenvalue weighted by Crippen LogP contribution is -2.28. The van der Waals surface area contributed by atoms with Crippen molar-refractivity contribution in [2.24, 2.45) is 0 Å². The van der Waals surface area contributed by atoms with Gasteiger partial charge in [-0.2, -0.15) is 13.2 Å². The first-order valence-corrected chi connectivity index (χ1v) is 5.77. The van der Waals surface area contributed by atoms with E-state index in [2.05, 4.69) is 10.1 Å². The Morgan fingerprint density at radius 3 is 2.59 bits per heavy atom. The summed E-state index contributed by atoms with van der Waals surface area (Å²) in [6.45, 7) is 0.617. The van der Waals surface area contributed by atoms with Crippen LogP contribution in [0.5, 0.6) is 0 Å². The molecule has 1 amide bonds. The molecule has 1 N–H and O–H groups in total. The summed E-state index contributed by atoms with van der Waals surface area (Å²) in [5.41, 5.74) is 0. The molecule has 96 valence electrons. The molecule has 0 saturated carbocycles. The van der Waals surface area contributed by atoms with Crippen LogP contribution in [0.2, 0.25) is 0 Å². The summed E-state index contributed by atoms with van der Waals surface area (Å²) in [7, 11) is 0. The normalized spacial score (nSPS) is 11.3. The van der Waals surface area contributed by atoms with Crippen molar-refractivity contribution in [2.45, 2.75) is 26.1 Å². The molecule has 0 aromatic carbocycles. The molecule has 1 rings (SSSR count). The largest absolute Gasteiger partial charge is 0.440 e. The van der Waals surface area contributed by atoms with Crippen LogP contribution in [0.25, 0.3) is 0 Å². The Kier molecular flexibility index (Phi) is 4.80. The summed E-state index contributed by atoms with van der Waals surface area (Å²) in [5, 5.41) is 2.26. The monoisotopic (exact) mass is 267 g/mol. The Hall–Kier alpha value is -1.24. The fraction of sp³-hybridized carbons (Fsp3) is 0.500. The fourth-order valence-electron chi connectivity index (χ4n) is 1.07. The van der Waals surface area contributed by atoms with Crippen molar-refractivity contribution < 1.29 is 22.7 Å². The number of rotatable bonds is 4. The number of nitrogens with one attached hydrogen (secondary N) is 1. The number of carbonyl (C=O) groups excluding carboxylic acids is 1. The minimum atomic E-state index is -4.49. The number of ether oxygens (including phenoxy) is 1. The Labute approximate surface area is 101 Å². The van der Waals surface area contributed by atoms with Gasteiger partial charge in [-0.25, -0.2) is 4.79 Å². The summed E-state index contributed by atoms with van der Waals surface area (Å²) in [6.07, 6.45) is -4.66. The number of halogens is 3. The predicted octanol–water partition coefficient (Wildman–Crippen LogP) is 3.10. The molecule has 0 unspecified atom stereocenters. The molecule has 3 nitrogen and oxygen atoms in total. The molecule has 0 fully saturated rings. The highest BCUT2D eigenvalue weighted by Gasteiger charge is 2.29. The molecule has 0 spiro atoms. The Morgan fingerprint density at radius 1 is 1.41 bits per heavy atom. The summed E-state index contributed by atoms with van der Waals surface area (Å²) in [5.74, 6) is 0. The van der Waals surface area contributed by atoms with Crippen LogP contribution in [-0.4, -0.2) is 18.9 Å². The summed E-state index contributed by atoms with van der Waals surface area (Å²) >= 11 is 1.51. The number of hydrogen-bond donors (Lipinski definition) is 1. The zero-order valence-electron chi connectivity index (χ0n) is 9.13. The lowest BCUT2D eigenvalue weighted by molar-refractivity contribution is -0.160. The van der Waals surface area contributed by atoms with Crippen molar-refractivity contribution >= 4 is 17.4 Å². The number of alkyl carbamates (subject to hydrolysis) is 1. The lowest BCUT2D eigenvalue weighted by atomic mass is 10.4. The van der Waals surface area contributed by atoms with Gasteiger partial charge in [0.15, 0.2) is 6.61 Å². The van der Waals surface area contributed by atoms with E-state index in [0.717, 1.165) is 16.2 Å². The quantitative estimate of drug-likeness (QED) is 0.910. The van der Waals surface area contributed by atoms with E-state index in [4.69, 9.17) is 0 Å². The first-order chi connectivity index (χ1) is 7.90. The lowest BCUT2D eigenvalue weighted by Gasteiger charge is -2.08. The first kappa shape index (κ1) is 13.8. The van der Waals surface area contributed by atoms with E-state index in [0.29, 0.717) is 0 Å². The third-order valence-corrected chi connectivity index (χ3v) is 3.07. The number of amides is 1. The molecule has 0 aliphatic carbocycles. The Balaban J connectivity index is 2.28. The van der Waals surface area contributed by atoms with Crippen molar-refractivity contribution in [1.82, 2.24) is 5.32 Å². The van der Waals surface area contributed by atoms with Gasteiger partial charge in [-0.1, -0.05) is 6.92 Å². The standard InChI is InChI=1S/C10H12F3NO2S/c1-2-7-3-4-8(17-7)5-14-9(15)16-6-10(11,12)13/h3-4H,2,5-6H2,1H3,(H,14,15). The maximum atomic E-state index is 11.7. The van der Waals surface area contributed by atoms with E-state index in [1.54, 1.807) is 0 Å². The third-order valence-electron chi connectivity index (χ3n) is 1.84. The van der Waals surface area contributed by atoms with Crippen molar-refractivity contribution in [3.05, 3.63) is 21.9 Å². The van der Waals surface area contributed by atoms with Crippen LogP contribution < -0.4 is 5.32 Å². The molecule has 0 aliphatic heterocycles. The fourth-order valence-corrected chi connectivity index (χ4v) is 1.96. The summed E-state index contributed by atoms with van der Waals surface area (Å²) < 4.78 is 39.2. The summed E-state index contributed by atoms with van der Waals surface area (Å²) in [6, 6.07) is 3.75. The number of alkyl halides is 3. The van der Waals surface area contributed by atoms with E-state index < -0.39 is 18.9 Å². The molecule has 17 heavy (non-hydrogen) atoms. The minimum Gasteiger partial charge on any atom is -0.440 e. The van der Waals surface area contributed by atoms with Gasteiger partial charge >= 0.3 is 12.3 Å². The van der Waals surface area contributed by atoms with Crippen molar-refractivity contribution in [1.29, 1.82) is 0 Å². The summed E-state index contributed by atoms with van der Waals surface area (Å²) in [4.78, 5) is 12.9. The Morgan fingerprint density at radius 2 is 2.06 bits per heavy atom. The van der Waals surface area contributed by atoms with E-state index in [1.165, 1.54) is 11.3 Å². The van der Waals surface area contributed by atoms with Crippen molar-refractivity contribution in [2.75, 3.05) is 6.61 Å². The van der Waals surface area contributed by atoms with Crippen LogP contribution in [0, 0.1) is 0 Å². The molecule has 7 heteroatoms. The highest BCUT2D eigenvalue weighted by molar-refractivity contribution is 7.11. The second kappa shape index (κ2) is 5.90. The number of aryl methyl sites for hydroxylation is 1. The Bertz CT molecular complexity index is 376. The van der Waals surface area contributed by atoms with Crippen LogP contribution in [0.4, 0.5) is 18.0 Å². The van der Waals surface area contributed by atoms with Crippen LogP contribution in [0.15, 0.2) is 12.1 Å². The van der Waals surface area contributed by atoms with Gasteiger partial charge in [0.2, 0.25) is 0 Å². The first-order valence-electron chi connectivity index (χ1n) is 4.95. The van der Waals surface area contributed by atoms with Gasteiger partial charge in [0.05, 0.1) is 6.54 Å². The number of thiophene rings is 1. The molecule has 0 atom stereocenters. The molecule has 1 heterocycles. The molecule has 0 aliphatic rings. The molecule has 0 bridgehead atoms.